The van der Waals surface area contributed by atoms with Gasteiger partial charge in [0.2, 0.25) is 5.91 Å². The van der Waals surface area contributed by atoms with Crippen molar-refractivity contribution in [3.8, 4) is 5.75 Å². The third-order valence-electron chi connectivity index (χ3n) is 3.07. The van der Waals surface area contributed by atoms with Gasteiger partial charge in [-0.15, -0.1) is 0 Å². The van der Waals surface area contributed by atoms with Crippen LogP contribution in [0.15, 0.2) is 18.2 Å². The zero-order valence-corrected chi connectivity index (χ0v) is 11.4. The molecule has 1 amide bonds. The van der Waals surface area contributed by atoms with E-state index in [-0.39, 0.29) is 17.7 Å². The lowest BCUT2D eigenvalue weighted by molar-refractivity contribution is -0.122. The average molecular weight is 261 g/mol. The second kappa shape index (κ2) is 5.87. The Labute approximate surface area is 113 Å². The molecule has 4 nitrogen and oxygen atoms in total. The van der Waals surface area contributed by atoms with Crippen LogP contribution < -0.4 is 10.1 Å². The number of benzene rings is 1. The van der Waals surface area contributed by atoms with Crippen LogP contribution in [0.5, 0.6) is 5.75 Å². The van der Waals surface area contributed by atoms with Crippen LogP contribution in [0.4, 0.5) is 0 Å². The Hall–Kier alpha value is -1.84. The molecule has 2 rings (SSSR count). The SMILES string of the molecule is CC(C)NC(=O)CCOc1cccc2c1CCC2=O. The number of Topliss-reactive ketones (excluding diaryl/α,β-unsaturated/α-hetero) is 1. The van der Waals surface area contributed by atoms with Crippen LogP contribution in [-0.4, -0.2) is 24.3 Å². The molecular formula is C15H19NO3. The van der Waals surface area contributed by atoms with Crippen molar-refractivity contribution < 1.29 is 14.3 Å². The Kier molecular flexibility index (Phi) is 4.20. The van der Waals surface area contributed by atoms with Crippen molar-refractivity contribution >= 4 is 11.7 Å². The number of hydrogen-bond acceptors (Lipinski definition) is 3. The lowest BCUT2D eigenvalue weighted by Gasteiger charge is -2.11. The maximum atomic E-state index is 11.6. The molecule has 0 saturated heterocycles. The Bertz CT molecular complexity index is 494. The Morgan fingerprint density at radius 2 is 2.16 bits per heavy atom. The number of amides is 1. The van der Waals surface area contributed by atoms with Gasteiger partial charge in [-0.1, -0.05) is 12.1 Å². The Morgan fingerprint density at radius 3 is 2.89 bits per heavy atom. The first-order valence-corrected chi connectivity index (χ1v) is 6.65. The summed E-state index contributed by atoms with van der Waals surface area (Å²) in [4.78, 5) is 23.1. The molecule has 1 aliphatic rings. The fourth-order valence-corrected chi connectivity index (χ4v) is 2.24. The standard InChI is InChI=1S/C15H19NO3/c1-10(2)16-15(18)8-9-19-14-5-3-4-11-12(14)6-7-13(11)17/h3-5,10H,6-9H2,1-2H3,(H,16,18). The lowest BCUT2D eigenvalue weighted by atomic mass is 10.1. The molecule has 4 heteroatoms. The van der Waals surface area contributed by atoms with Crippen molar-refractivity contribution in [1.29, 1.82) is 0 Å². The molecule has 0 aliphatic heterocycles. The summed E-state index contributed by atoms with van der Waals surface area (Å²) in [6, 6.07) is 5.66. The van der Waals surface area contributed by atoms with Gasteiger partial charge in [-0.2, -0.15) is 0 Å². The quantitative estimate of drug-likeness (QED) is 0.883. The number of ether oxygens (including phenoxy) is 1. The third-order valence-corrected chi connectivity index (χ3v) is 3.07. The van der Waals surface area contributed by atoms with Gasteiger partial charge in [0.1, 0.15) is 5.75 Å². The summed E-state index contributed by atoms with van der Waals surface area (Å²) < 4.78 is 5.64. The highest BCUT2D eigenvalue weighted by Crippen LogP contribution is 2.30. The molecule has 1 aromatic carbocycles. The molecule has 0 saturated carbocycles. The van der Waals surface area contributed by atoms with Crippen molar-refractivity contribution in [2.24, 2.45) is 0 Å². The highest BCUT2D eigenvalue weighted by Gasteiger charge is 2.22. The molecule has 0 heterocycles. The number of rotatable bonds is 5. The molecule has 0 bridgehead atoms. The van der Waals surface area contributed by atoms with Gasteiger partial charge in [0.25, 0.3) is 0 Å². The predicted octanol–water partition coefficient (Wildman–Crippen LogP) is 2.11. The summed E-state index contributed by atoms with van der Waals surface area (Å²) in [5, 5.41) is 2.82. The predicted molar refractivity (Wildman–Crippen MR) is 72.5 cm³/mol. The summed E-state index contributed by atoms with van der Waals surface area (Å²) in [6.45, 7) is 4.19. The molecule has 0 atom stereocenters. The van der Waals surface area contributed by atoms with E-state index in [2.05, 4.69) is 5.32 Å². The molecule has 19 heavy (non-hydrogen) atoms. The van der Waals surface area contributed by atoms with E-state index in [9.17, 15) is 9.59 Å². The maximum Gasteiger partial charge on any atom is 0.223 e. The minimum Gasteiger partial charge on any atom is -0.493 e. The number of hydrogen-bond donors (Lipinski definition) is 1. The van der Waals surface area contributed by atoms with Crippen LogP contribution in [0.3, 0.4) is 0 Å². The molecule has 1 aromatic rings. The molecule has 1 N–H and O–H groups in total. The summed E-state index contributed by atoms with van der Waals surface area (Å²) in [5.74, 6) is 0.900. The van der Waals surface area contributed by atoms with Crippen LogP contribution in [-0.2, 0) is 11.2 Å². The summed E-state index contributed by atoms with van der Waals surface area (Å²) in [7, 11) is 0. The number of carbonyl (C=O) groups excluding carboxylic acids is 2. The summed E-state index contributed by atoms with van der Waals surface area (Å²) >= 11 is 0. The number of nitrogens with one attached hydrogen (secondary N) is 1. The van der Waals surface area contributed by atoms with E-state index in [1.54, 1.807) is 0 Å². The molecule has 0 radical (unpaired) electrons. The van der Waals surface area contributed by atoms with Gasteiger partial charge in [0, 0.05) is 23.6 Å². The average Bonchev–Trinajstić information content (AvgIpc) is 2.71. The van der Waals surface area contributed by atoms with Crippen molar-refractivity contribution in [3.05, 3.63) is 29.3 Å². The van der Waals surface area contributed by atoms with Crippen molar-refractivity contribution in [2.45, 2.75) is 39.2 Å². The van der Waals surface area contributed by atoms with Gasteiger partial charge in [-0.25, -0.2) is 0 Å². The monoisotopic (exact) mass is 261 g/mol. The Morgan fingerprint density at radius 1 is 1.37 bits per heavy atom. The van der Waals surface area contributed by atoms with Crippen LogP contribution in [0, 0.1) is 0 Å². The molecule has 1 aliphatic carbocycles. The van der Waals surface area contributed by atoms with Crippen molar-refractivity contribution in [1.82, 2.24) is 5.32 Å². The zero-order valence-electron chi connectivity index (χ0n) is 11.4. The van der Waals surface area contributed by atoms with E-state index < -0.39 is 0 Å². The van der Waals surface area contributed by atoms with Crippen molar-refractivity contribution in [3.63, 3.8) is 0 Å². The van der Waals surface area contributed by atoms with E-state index in [1.807, 2.05) is 32.0 Å². The smallest absolute Gasteiger partial charge is 0.223 e. The van der Waals surface area contributed by atoms with Crippen molar-refractivity contribution in [2.75, 3.05) is 6.61 Å². The first-order chi connectivity index (χ1) is 9.08. The lowest BCUT2D eigenvalue weighted by Crippen LogP contribution is -2.31. The zero-order chi connectivity index (χ0) is 13.8. The second-order valence-electron chi connectivity index (χ2n) is 5.03. The normalized spacial score (nSPS) is 13.5. The highest BCUT2D eigenvalue weighted by molar-refractivity contribution is 6.01. The van der Waals surface area contributed by atoms with E-state index in [1.165, 1.54) is 0 Å². The van der Waals surface area contributed by atoms with Gasteiger partial charge < -0.3 is 10.1 Å². The van der Waals surface area contributed by atoms with E-state index in [0.29, 0.717) is 19.4 Å². The number of carbonyl (C=O) groups is 2. The molecule has 0 aromatic heterocycles. The molecular weight excluding hydrogens is 242 g/mol. The van der Waals surface area contributed by atoms with Gasteiger partial charge in [-0.3, -0.25) is 9.59 Å². The minimum atomic E-state index is -0.0151. The molecule has 0 fully saturated rings. The van der Waals surface area contributed by atoms with Crippen LogP contribution in [0.25, 0.3) is 0 Å². The fourth-order valence-electron chi connectivity index (χ4n) is 2.24. The van der Waals surface area contributed by atoms with E-state index in [4.69, 9.17) is 4.74 Å². The summed E-state index contributed by atoms with van der Waals surface area (Å²) in [5.41, 5.74) is 1.75. The van der Waals surface area contributed by atoms with Crippen LogP contribution >= 0.6 is 0 Å². The largest absolute Gasteiger partial charge is 0.493 e. The van der Waals surface area contributed by atoms with E-state index >= 15 is 0 Å². The topological polar surface area (TPSA) is 55.4 Å². The van der Waals surface area contributed by atoms with E-state index in [0.717, 1.165) is 23.3 Å². The minimum absolute atomic E-state index is 0.0151. The third kappa shape index (κ3) is 3.34. The van der Waals surface area contributed by atoms with Crippen LogP contribution in [0.1, 0.15) is 42.6 Å². The molecule has 0 spiro atoms. The van der Waals surface area contributed by atoms with Gasteiger partial charge >= 0.3 is 0 Å². The first-order valence-electron chi connectivity index (χ1n) is 6.65. The number of fused-ring (bicyclic) bond motifs is 1. The van der Waals surface area contributed by atoms with Crippen LogP contribution in [0.2, 0.25) is 0 Å². The fraction of sp³-hybridized carbons (Fsp3) is 0.467. The molecule has 0 unspecified atom stereocenters. The number of ketones is 1. The molecule has 102 valence electrons. The Balaban J connectivity index is 1.91. The summed E-state index contributed by atoms with van der Waals surface area (Å²) in [6.07, 6.45) is 1.63. The van der Waals surface area contributed by atoms with Gasteiger partial charge in [0.15, 0.2) is 5.78 Å². The van der Waals surface area contributed by atoms with Gasteiger partial charge in [0.05, 0.1) is 13.0 Å². The first kappa shape index (κ1) is 13.6. The maximum absolute atomic E-state index is 11.6. The second-order valence-corrected chi connectivity index (χ2v) is 5.03. The van der Waals surface area contributed by atoms with Gasteiger partial charge in [-0.05, 0) is 26.3 Å². The highest BCUT2D eigenvalue weighted by atomic mass is 16.5.